The van der Waals surface area contributed by atoms with E-state index >= 15 is 0 Å². The van der Waals surface area contributed by atoms with E-state index in [9.17, 15) is 0 Å². The lowest BCUT2D eigenvalue weighted by Gasteiger charge is -2.03. The van der Waals surface area contributed by atoms with Gasteiger partial charge in [0.25, 0.3) is 0 Å². The molecule has 0 bridgehead atoms. The average molecular weight is 217 g/mol. The lowest BCUT2D eigenvalue weighted by Crippen LogP contribution is -1.97. The van der Waals surface area contributed by atoms with Crippen LogP contribution in [0, 0.1) is 0 Å². The zero-order valence-electron chi connectivity index (χ0n) is 9.07. The first-order chi connectivity index (χ1) is 7.86. The maximum Gasteiger partial charge on any atom is 0.136 e. The van der Waals surface area contributed by atoms with E-state index in [1.807, 2.05) is 12.1 Å². The van der Waals surface area contributed by atoms with E-state index < -0.39 is 0 Å². The molecular weight excluding hydrogens is 202 g/mol. The van der Waals surface area contributed by atoms with Gasteiger partial charge >= 0.3 is 0 Å². The van der Waals surface area contributed by atoms with Gasteiger partial charge in [-0.2, -0.15) is 0 Å². The molecular formula is C12H15N3O. The monoisotopic (exact) mass is 217 g/mol. The van der Waals surface area contributed by atoms with Crippen LogP contribution in [0.3, 0.4) is 0 Å². The van der Waals surface area contributed by atoms with Crippen LogP contribution in [-0.2, 0) is 11.3 Å². The van der Waals surface area contributed by atoms with Crippen molar-refractivity contribution >= 4 is 11.0 Å². The molecule has 16 heavy (non-hydrogen) atoms. The highest BCUT2D eigenvalue weighted by Crippen LogP contribution is 2.28. The van der Waals surface area contributed by atoms with Gasteiger partial charge in [0.15, 0.2) is 0 Å². The van der Waals surface area contributed by atoms with E-state index in [0.29, 0.717) is 6.54 Å². The Kier molecular flexibility index (Phi) is 2.38. The summed E-state index contributed by atoms with van der Waals surface area (Å²) in [5.74, 6) is 0.946. The number of fused-ring (bicyclic) bond motifs is 1. The molecule has 1 aromatic heterocycles. The van der Waals surface area contributed by atoms with Crippen LogP contribution in [0.25, 0.3) is 11.0 Å². The van der Waals surface area contributed by atoms with E-state index in [1.165, 1.54) is 0 Å². The first kappa shape index (κ1) is 9.81. The van der Waals surface area contributed by atoms with Crippen LogP contribution >= 0.6 is 0 Å². The summed E-state index contributed by atoms with van der Waals surface area (Å²) >= 11 is 0. The molecule has 0 amide bonds. The molecule has 1 saturated heterocycles. The van der Waals surface area contributed by atoms with Crippen LogP contribution in [0.4, 0.5) is 0 Å². The maximum atomic E-state index is 5.61. The molecule has 1 fully saturated rings. The maximum absolute atomic E-state index is 5.61. The molecule has 1 aromatic carbocycles. The number of imidazole rings is 1. The van der Waals surface area contributed by atoms with Crippen molar-refractivity contribution in [2.45, 2.75) is 25.5 Å². The fraction of sp³-hybridized carbons (Fsp3) is 0.417. The molecule has 3 rings (SSSR count). The van der Waals surface area contributed by atoms with Crippen molar-refractivity contribution in [1.82, 2.24) is 9.97 Å². The number of ether oxygens (including phenoxy) is 1. The number of rotatable bonds is 2. The smallest absolute Gasteiger partial charge is 0.136 e. The number of nitrogens with two attached hydrogens (primary N) is 1. The Morgan fingerprint density at radius 1 is 1.50 bits per heavy atom. The number of aromatic amines is 1. The number of H-pyrrole nitrogens is 1. The first-order valence-corrected chi connectivity index (χ1v) is 5.67. The molecule has 3 N–H and O–H groups in total. The summed E-state index contributed by atoms with van der Waals surface area (Å²) in [4.78, 5) is 7.87. The van der Waals surface area contributed by atoms with Crippen LogP contribution in [-0.4, -0.2) is 16.6 Å². The van der Waals surface area contributed by atoms with Crippen molar-refractivity contribution in [1.29, 1.82) is 0 Å². The second-order valence-corrected chi connectivity index (χ2v) is 4.18. The summed E-state index contributed by atoms with van der Waals surface area (Å²) in [6.45, 7) is 1.40. The standard InChI is InChI=1S/C12H15N3O/c13-7-8-3-4-9-10(6-8)15-12(14-9)11-2-1-5-16-11/h3-4,6,11H,1-2,5,7,13H2,(H,14,15). The Labute approximate surface area is 93.8 Å². The number of nitrogens with one attached hydrogen (secondary N) is 1. The fourth-order valence-corrected chi connectivity index (χ4v) is 2.15. The molecule has 4 heteroatoms. The van der Waals surface area contributed by atoms with E-state index in [0.717, 1.165) is 41.9 Å². The largest absolute Gasteiger partial charge is 0.370 e. The Morgan fingerprint density at radius 2 is 2.44 bits per heavy atom. The van der Waals surface area contributed by atoms with E-state index in [-0.39, 0.29) is 6.10 Å². The van der Waals surface area contributed by atoms with Crippen molar-refractivity contribution in [3.63, 3.8) is 0 Å². The van der Waals surface area contributed by atoms with Gasteiger partial charge in [-0.15, -0.1) is 0 Å². The molecule has 1 atom stereocenters. The van der Waals surface area contributed by atoms with Gasteiger partial charge in [-0.3, -0.25) is 0 Å². The minimum absolute atomic E-state index is 0.147. The fourth-order valence-electron chi connectivity index (χ4n) is 2.15. The molecule has 84 valence electrons. The Hall–Kier alpha value is -1.39. The third kappa shape index (κ3) is 1.60. The molecule has 0 radical (unpaired) electrons. The van der Waals surface area contributed by atoms with Crippen LogP contribution in [0.2, 0.25) is 0 Å². The van der Waals surface area contributed by atoms with Gasteiger partial charge in [0.05, 0.1) is 11.0 Å². The Balaban J connectivity index is 2.01. The molecule has 1 aliphatic heterocycles. The molecule has 2 heterocycles. The molecule has 0 spiro atoms. The summed E-state index contributed by atoms with van der Waals surface area (Å²) in [5, 5.41) is 0. The SMILES string of the molecule is NCc1ccc2nc(C3CCCO3)[nH]c2c1. The molecule has 0 aliphatic carbocycles. The predicted octanol–water partition coefficient (Wildman–Crippen LogP) is 1.87. The quantitative estimate of drug-likeness (QED) is 0.807. The number of aromatic nitrogens is 2. The van der Waals surface area contributed by atoms with Crippen molar-refractivity contribution in [3.05, 3.63) is 29.6 Å². The van der Waals surface area contributed by atoms with Gasteiger partial charge in [-0.05, 0) is 30.5 Å². The number of nitrogens with zero attached hydrogens (tertiary/aromatic N) is 1. The Morgan fingerprint density at radius 3 is 3.19 bits per heavy atom. The summed E-state index contributed by atoms with van der Waals surface area (Å²) in [5.41, 5.74) is 8.77. The highest BCUT2D eigenvalue weighted by atomic mass is 16.5. The molecule has 0 saturated carbocycles. The number of hydrogen-bond donors (Lipinski definition) is 2. The number of benzene rings is 1. The van der Waals surface area contributed by atoms with Gasteiger partial charge in [-0.1, -0.05) is 6.07 Å². The molecule has 4 nitrogen and oxygen atoms in total. The van der Waals surface area contributed by atoms with Crippen molar-refractivity contribution in [2.24, 2.45) is 5.73 Å². The van der Waals surface area contributed by atoms with Gasteiger partial charge in [0.2, 0.25) is 0 Å². The Bertz CT molecular complexity index is 500. The van der Waals surface area contributed by atoms with Crippen molar-refractivity contribution in [3.8, 4) is 0 Å². The second-order valence-electron chi connectivity index (χ2n) is 4.18. The van der Waals surface area contributed by atoms with Crippen LogP contribution < -0.4 is 5.73 Å². The minimum Gasteiger partial charge on any atom is -0.370 e. The zero-order valence-corrected chi connectivity index (χ0v) is 9.07. The zero-order chi connectivity index (χ0) is 11.0. The van der Waals surface area contributed by atoms with Crippen LogP contribution in [0.15, 0.2) is 18.2 Å². The van der Waals surface area contributed by atoms with Gasteiger partial charge in [-0.25, -0.2) is 4.98 Å². The van der Waals surface area contributed by atoms with Gasteiger partial charge < -0.3 is 15.5 Å². The van der Waals surface area contributed by atoms with Crippen molar-refractivity contribution in [2.75, 3.05) is 6.61 Å². The van der Waals surface area contributed by atoms with E-state index in [1.54, 1.807) is 0 Å². The summed E-state index contributed by atoms with van der Waals surface area (Å²) in [6.07, 6.45) is 2.33. The predicted molar refractivity (Wildman–Crippen MR) is 61.9 cm³/mol. The van der Waals surface area contributed by atoms with Crippen LogP contribution in [0.5, 0.6) is 0 Å². The minimum atomic E-state index is 0.147. The average Bonchev–Trinajstić information content (AvgIpc) is 2.96. The van der Waals surface area contributed by atoms with E-state index in [4.69, 9.17) is 10.5 Å². The third-order valence-corrected chi connectivity index (χ3v) is 3.03. The topological polar surface area (TPSA) is 63.9 Å². The highest BCUT2D eigenvalue weighted by Gasteiger charge is 2.20. The van der Waals surface area contributed by atoms with Gasteiger partial charge in [0.1, 0.15) is 11.9 Å². The van der Waals surface area contributed by atoms with Crippen molar-refractivity contribution < 1.29 is 4.74 Å². The number of hydrogen-bond acceptors (Lipinski definition) is 3. The molecule has 2 aromatic rings. The molecule has 1 aliphatic rings. The highest BCUT2D eigenvalue weighted by molar-refractivity contribution is 5.75. The summed E-state index contributed by atoms with van der Waals surface area (Å²) in [6, 6.07) is 6.08. The summed E-state index contributed by atoms with van der Waals surface area (Å²) < 4.78 is 5.61. The van der Waals surface area contributed by atoms with E-state index in [2.05, 4.69) is 16.0 Å². The second kappa shape index (κ2) is 3.88. The first-order valence-electron chi connectivity index (χ1n) is 5.67. The lowest BCUT2D eigenvalue weighted by atomic mass is 10.2. The van der Waals surface area contributed by atoms with Crippen LogP contribution in [0.1, 0.15) is 30.3 Å². The van der Waals surface area contributed by atoms with Gasteiger partial charge in [0, 0.05) is 13.2 Å². The molecule has 1 unspecified atom stereocenters. The third-order valence-electron chi connectivity index (χ3n) is 3.03. The summed E-state index contributed by atoms with van der Waals surface area (Å²) in [7, 11) is 0. The normalized spacial score (nSPS) is 20.7. The lowest BCUT2D eigenvalue weighted by molar-refractivity contribution is 0.106.